The van der Waals surface area contributed by atoms with Crippen molar-refractivity contribution in [1.29, 1.82) is 0 Å². The summed E-state index contributed by atoms with van der Waals surface area (Å²) in [5.74, 6) is -1.20. The van der Waals surface area contributed by atoms with Crippen LogP contribution in [0.15, 0.2) is 17.2 Å². The molecule has 0 bridgehead atoms. The van der Waals surface area contributed by atoms with Crippen molar-refractivity contribution in [3.05, 3.63) is 18.0 Å². The van der Waals surface area contributed by atoms with E-state index in [1.165, 1.54) is 0 Å². The number of hydrogen-bond donors (Lipinski definition) is 3. The lowest BCUT2D eigenvalue weighted by molar-refractivity contribution is 0.0691. The smallest absolute Gasteiger partial charge is 0.352 e. The molecule has 114 valence electrons. The Kier molecular flexibility index (Phi) is 6.18. The topological polar surface area (TPSA) is 108 Å². The van der Waals surface area contributed by atoms with Gasteiger partial charge in [-0.25, -0.2) is 17.9 Å². The monoisotopic (exact) mass is 304 g/mol. The fourth-order valence-corrected chi connectivity index (χ4v) is 2.56. The molecule has 0 amide bonds. The van der Waals surface area contributed by atoms with Crippen LogP contribution in [-0.4, -0.2) is 43.7 Å². The maximum atomic E-state index is 11.9. The molecule has 3 N–H and O–H groups in total. The van der Waals surface area contributed by atoms with Crippen LogP contribution in [0.2, 0.25) is 0 Å². The molecule has 1 aromatic rings. The Hall–Kier alpha value is -1.38. The molecule has 0 saturated carbocycles. The van der Waals surface area contributed by atoms with Gasteiger partial charge in [0.1, 0.15) is 10.6 Å². The SMILES string of the molecule is CC(C)OCCCCNS(=O)(=O)c1c[nH]c(C(=O)O)c1. The number of aromatic nitrogens is 1. The van der Waals surface area contributed by atoms with Gasteiger partial charge in [-0.15, -0.1) is 0 Å². The van der Waals surface area contributed by atoms with Gasteiger partial charge in [-0.3, -0.25) is 0 Å². The van der Waals surface area contributed by atoms with E-state index < -0.39 is 16.0 Å². The number of unbranched alkanes of at least 4 members (excludes halogenated alkanes) is 1. The fourth-order valence-electron chi connectivity index (χ4n) is 1.49. The standard InChI is InChI=1S/C12H20N2O5S/c1-9(2)19-6-4-3-5-14-20(17,18)10-7-11(12(15)16)13-8-10/h7-9,13-14H,3-6H2,1-2H3,(H,15,16). The van der Waals surface area contributed by atoms with Crippen molar-refractivity contribution in [1.82, 2.24) is 9.71 Å². The molecule has 0 unspecified atom stereocenters. The number of rotatable bonds is 9. The molecule has 0 fully saturated rings. The van der Waals surface area contributed by atoms with Crippen molar-refractivity contribution >= 4 is 16.0 Å². The van der Waals surface area contributed by atoms with E-state index in [0.29, 0.717) is 13.0 Å². The molecule has 0 aliphatic heterocycles. The molecule has 1 rings (SSSR count). The maximum Gasteiger partial charge on any atom is 0.352 e. The number of aromatic amines is 1. The quantitative estimate of drug-likeness (QED) is 0.594. The first kappa shape index (κ1) is 16.7. The van der Waals surface area contributed by atoms with Crippen molar-refractivity contribution in [3.63, 3.8) is 0 Å². The second-order valence-electron chi connectivity index (χ2n) is 4.58. The van der Waals surface area contributed by atoms with Crippen LogP contribution >= 0.6 is 0 Å². The van der Waals surface area contributed by atoms with Crippen LogP contribution in [0.4, 0.5) is 0 Å². The Morgan fingerprint density at radius 1 is 1.45 bits per heavy atom. The minimum atomic E-state index is -3.66. The lowest BCUT2D eigenvalue weighted by Gasteiger charge is -2.07. The second-order valence-corrected chi connectivity index (χ2v) is 6.35. The summed E-state index contributed by atoms with van der Waals surface area (Å²) < 4.78 is 31.5. The first-order valence-electron chi connectivity index (χ1n) is 6.36. The van der Waals surface area contributed by atoms with E-state index in [0.717, 1.165) is 18.7 Å². The van der Waals surface area contributed by atoms with Gasteiger partial charge in [0.05, 0.1) is 6.10 Å². The molecule has 0 aromatic carbocycles. The van der Waals surface area contributed by atoms with Gasteiger partial charge < -0.3 is 14.8 Å². The van der Waals surface area contributed by atoms with Crippen molar-refractivity contribution < 1.29 is 23.1 Å². The van der Waals surface area contributed by atoms with Crippen molar-refractivity contribution in [2.75, 3.05) is 13.2 Å². The average Bonchev–Trinajstić information content (AvgIpc) is 2.83. The zero-order valence-corrected chi connectivity index (χ0v) is 12.4. The van der Waals surface area contributed by atoms with Gasteiger partial charge in [0.2, 0.25) is 10.0 Å². The van der Waals surface area contributed by atoms with Gasteiger partial charge in [0, 0.05) is 19.3 Å². The Morgan fingerprint density at radius 3 is 2.70 bits per heavy atom. The zero-order valence-electron chi connectivity index (χ0n) is 11.5. The van der Waals surface area contributed by atoms with Crippen LogP contribution in [0.25, 0.3) is 0 Å². The summed E-state index contributed by atoms with van der Waals surface area (Å²) >= 11 is 0. The molecule has 20 heavy (non-hydrogen) atoms. The molecule has 0 radical (unpaired) electrons. The number of sulfonamides is 1. The van der Waals surface area contributed by atoms with Crippen LogP contribution < -0.4 is 4.72 Å². The predicted octanol–water partition coefficient (Wildman–Crippen LogP) is 1.20. The number of ether oxygens (including phenoxy) is 1. The summed E-state index contributed by atoms with van der Waals surface area (Å²) in [6, 6.07) is 1.09. The van der Waals surface area contributed by atoms with Gasteiger partial charge >= 0.3 is 5.97 Å². The summed E-state index contributed by atoms with van der Waals surface area (Å²) in [5.41, 5.74) is -0.157. The molecule has 0 aliphatic rings. The number of nitrogens with one attached hydrogen (secondary N) is 2. The molecular formula is C12H20N2O5S. The van der Waals surface area contributed by atoms with Crippen LogP contribution in [0.3, 0.4) is 0 Å². The Labute approximate surface area is 118 Å². The summed E-state index contributed by atoms with van der Waals surface area (Å²) in [6.45, 7) is 4.76. The highest BCUT2D eigenvalue weighted by Gasteiger charge is 2.17. The zero-order chi connectivity index (χ0) is 15.2. The number of carboxylic acid groups (broad SMARTS) is 1. The second kappa shape index (κ2) is 7.41. The first-order chi connectivity index (χ1) is 9.33. The van der Waals surface area contributed by atoms with E-state index >= 15 is 0 Å². The third kappa shape index (κ3) is 5.32. The highest BCUT2D eigenvalue weighted by atomic mass is 32.2. The molecule has 0 atom stereocenters. The highest BCUT2D eigenvalue weighted by Crippen LogP contribution is 2.10. The minimum Gasteiger partial charge on any atom is -0.477 e. The third-order valence-corrected chi connectivity index (χ3v) is 3.95. The number of aromatic carboxylic acids is 1. The predicted molar refractivity (Wildman–Crippen MR) is 73.3 cm³/mol. The largest absolute Gasteiger partial charge is 0.477 e. The number of carboxylic acids is 1. The van der Waals surface area contributed by atoms with E-state index in [-0.39, 0.29) is 23.2 Å². The maximum absolute atomic E-state index is 11.9. The lowest BCUT2D eigenvalue weighted by atomic mass is 10.3. The van der Waals surface area contributed by atoms with Crippen molar-refractivity contribution in [3.8, 4) is 0 Å². The van der Waals surface area contributed by atoms with E-state index in [9.17, 15) is 13.2 Å². The third-order valence-electron chi connectivity index (χ3n) is 2.51. The van der Waals surface area contributed by atoms with Crippen molar-refractivity contribution in [2.45, 2.75) is 37.7 Å². The Morgan fingerprint density at radius 2 is 2.15 bits per heavy atom. The summed E-state index contributed by atoms with van der Waals surface area (Å²) in [5, 5.41) is 8.72. The van der Waals surface area contributed by atoms with E-state index in [2.05, 4.69) is 9.71 Å². The van der Waals surface area contributed by atoms with Crippen LogP contribution in [-0.2, 0) is 14.8 Å². The van der Waals surface area contributed by atoms with Gasteiger partial charge in [-0.1, -0.05) is 0 Å². The van der Waals surface area contributed by atoms with Crippen LogP contribution in [0.5, 0.6) is 0 Å². The number of hydrogen-bond acceptors (Lipinski definition) is 4. The van der Waals surface area contributed by atoms with Crippen LogP contribution in [0, 0.1) is 0 Å². The molecule has 0 aliphatic carbocycles. The highest BCUT2D eigenvalue weighted by molar-refractivity contribution is 7.89. The van der Waals surface area contributed by atoms with E-state index in [4.69, 9.17) is 9.84 Å². The van der Waals surface area contributed by atoms with Gasteiger partial charge in [0.15, 0.2) is 0 Å². The summed E-state index contributed by atoms with van der Waals surface area (Å²) in [4.78, 5) is 13.0. The van der Waals surface area contributed by atoms with Gasteiger partial charge in [-0.05, 0) is 32.8 Å². The normalized spacial score (nSPS) is 11.9. The Bertz CT molecular complexity index is 536. The summed E-state index contributed by atoms with van der Waals surface area (Å²) in [6.07, 6.45) is 2.74. The molecular weight excluding hydrogens is 284 g/mol. The molecule has 1 aromatic heterocycles. The van der Waals surface area contributed by atoms with Gasteiger partial charge in [-0.2, -0.15) is 0 Å². The van der Waals surface area contributed by atoms with Crippen molar-refractivity contribution in [2.24, 2.45) is 0 Å². The molecule has 7 nitrogen and oxygen atoms in total. The summed E-state index contributed by atoms with van der Waals surface area (Å²) in [7, 11) is -3.66. The number of H-pyrrole nitrogens is 1. The molecule has 1 heterocycles. The van der Waals surface area contributed by atoms with E-state index in [1.807, 2.05) is 13.8 Å². The fraction of sp³-hybridized carbons (Fsp3) is 0.583. The van der Waals surface area contributed by atoms with E-state index in [1.54, 1.807) is 0 Å². The molecule has 0 spiro atoms. The number of carbonyl (C=O) groups is 1. The average molecular weight is 304 g/mol. The molecule has 8 heteroatoms. The van der Waals surface area contributed by atoms with Gasteiger partial charge in [0.25, 0.3) is 0 Å². The van der Waals surface area contributed by atoms with Crippen LogP contribution in [0.1, 0.15) is 37.2 Å². The molecule has 0 saturated heterocycles. The minimum absolute atomic E-state index is 0.0756. The Balaban J connectivity index is 2.39. The first-order valence-corrected chi connectivity index (χ1v) is 7.84. The lowest BCUT2D eigenvalue weighted by Crippen LogP contribution is -2.24.